The molecule has 1 aromatic heterocycles. The Morgan fingerprint density at radius 1 is 1.07 bits per heavy atom. The van der Waals surface area contributed by atoms with Crippen LogP contribution in [0.25, 0.3) is 10.8 Å². The zero-order valence-electron chi connectivity index (χ0n) is 15.3. The van der Waals surface area contributed by atoms with Gasteiger partial charge in [-0.25, -0.2) is 0 Å². The molecule has 6 nitrogen and oxygen atoms in total. The van der Waals surface area contributed by atoms with Crippen LogP contribution in [0.15, 0.2) is 59.4 Å². The van der Waals surface area contributed by atoms with E-state index in [2.05, 4.69) is 10.3 Å². The molecule has 0 fully saturated rings. The molecule has 0 saturated carbocycles. The van der Waals surface area contributed by atoms with Crippen LogP contribution in [0.2, 0.25) is 0 Å². The van der Waals surface area contributed by atoms with Gasteiger partial charge in [-0.1, -0.05) is 43.3 Å². The largest absolute Gasteiger partial charge is 0.331 e. The van der Waals surface area contributed by atoms with Crippen LogP contribution < -0.4 is 10.9 Å². The Hall–Kier alpha value is -3.41. The zero-order valence-corrected chi connectivity index (χ0v) is 15.3. The van der Waals surface area contributed by atoms with E-state index >= 15 is 0 Å². The number of carbonyl (C=O) groups is 2. The Balaban J connectivity index is 1.74. The van der Waals surface area contributed by atoms with Crippen molar-refractivity contribution in [3.63, 3.8) is 0 Å². The number of nitrogens with zero attached hydrogens (tertiary/aromatic N) is 1. The molecule has 0 radical (unpaired) electrons. The van der Waals surface area contributed by atoms with E-state index in [9.17, 15) is 14.4 Å². The molecule has 0 aliphatic rings. The third kappa shape index (κ3) is 4.06. The number of anilines is 1. The Bertz CT molecular complexity index is 1060. The van der Waals surface area contributed by atoms with Gasteiger partial charge in [0.25, 0.3) is 11.5 Å². The number of nitrogens with one attached hydrogen (secondary N) is 2. The van der Waals surface area contributed by atoms with E-state index in [4.69, 9.17) is 0 Å². The molecule has 0 aliphatic heterocycles. The second-order valence-corrected chi connectivity index (χ2v) is 6.32. The predicted octanol–water partition coefficient (Wildman–Crippen LogP) is 2.80. The number of H-pyrrole nitrogens is 1. The lowest BCUT2D eigenvalue weighted by atomic mass is 10.1. The standard InChI is InChI=1S/C21H21N3O3/c1-3-14-8-5-7-11-17(14)22-19(25)13-24(2)21(27)18-12-15-9-4-6-10-16(15)20(26)23-18/h4-12H,3,13H2,1-2H3,(H,22,25)(H,23,26). The highest BCUT2D eigenvalue weighted by atomic mass is 16.2. The number of aromatic nitrogens is 1. The normalized spacial score (nSPS) is 10.6. The summed E-state index contributed by atoms with van der Waals surface area (Å²) in [4.78, 5) is 41.0. The van der Waals surface area contributed by atoms with Gasteiger partial charge in [-0.3, -0.25) is 14.4 Å². The monoisotopic (exact) mass is 363 g/mol. The molecule has 0 spiro atoms. The number of amides is 2. The Morgan fingerprint density at radius 2 is 1.78 bits per heavy atom. The number of hydrogen-bond acceptors (Lipinski definition) is 3. The number of pyridine rings is 1. The van der Waals surface area contributed by atoms with Crippen LogP contribution in [0, 0.1) is 0 Å². The number of aromatic amines is 1. The molecule has 3 aromatic rings. The molecule has 1 heterocycles. The van der Waals surface area contributed by atoms with Crippen molar-refractivity contribution in [2.24, 2.45) is 0 Å². The molecule has 6 heteroatoms. The molecule has 27 heavy (non-hydrogen) atoms. The second-order valence-electron chi connectivity index (χ2n) is 6.32. The first-order chi connectivity index (χ1) is 13.0. The van der Waals surface area contributed by atoms with Gasteiger partial charge in [-0.2, -0.15) is 0 Å². The number of para-hydroxylation sites is 1. The maximum absolute atomic E-state index is 12.6. The van der Waals surface area contributed by atoms with Crippen LogP contribution in [0.1, 0.15) is 23.0 Å². The van der Waals surface area contributed by atoms with E-state index in [0.717, 1.165) is 17.7 Å². The highest BCUT2D eigenvalue weighted by Crippen LogP contribution is 2.15. The number of fused-ring (bicyclic) bond motifs is 1. The van der Waals surface area contributed by atoms with Gasteiger partial charge in [0, 0.05) is 18.1 Å². The maximum atomic E-state index is 12.6. The minimum Gasteiger partial charge on any atom is -0.331 e. The van der Waals surface area contributed by atoms with Crippen molar-refractivity contribution >= 4 is 28.3 Å². The number of hydrogen-bond donors (Lipinski definition) is 2. The van der Waals surface area contributed by atoms with Gasteiger partial charge < -0.3 is 15.2 Å². The van der Waals surface area contributed by atoms with Gasteiger partial charge in [0.1, 0.15) is 5.69 Å². The van der Waals surface area contributed by atoms with Crippen LogP contribution in [0.4, 0.5) is 5.69 Å². The van der Waals surface area contributed by atoms with Gasteiger partial charge in [0.05, 0.1) is 6.54 Å². The van der Waals surface area contributed by atoms with E-state index in [1.807, 2.05) is 31.2 Å². The van der Waals surface area contributed by atoms with E-state index in [-0.39, 0.29) is 23.7 Å². The molecular weight excluding hydrogens is 342 g/mol. The van der Waals surface area contributed by atoms with Crippen LogP contribution in [-0.2, 0) is 11.2 Å². The zero-order chi connectivity index (χ0) is 19.4. The highest BCUT2D eigenvalue weighted by Gasteiger charge is 2.17. The summed E-state index contributed by atoms with van der Waals surface area (Å²) in [7, 11) is 1.53. The average molecular weight is 363 g/mol. The van der Waals surface area contributed by atoms with Crippen LogP contribution in [0.5, 0.6) is 0 Å². The minimum atomic E-state index is -0.420. The van der Waals surface area contributed by atoms with Crippen molar-refractivity contribution in [3.8, 4) is 0 Å². The topological polar surface area (TPSA) is 82.3 Å². The smallest absolute Gasteiger partial charge is 0.270 e. The van der Waals surface area contributed by atoms with Crippen molar-refractivity contribution < 1.29 is 9.59 Å². The second kappa shape index (κ2) is 7.86. The SMILES string of the molecule is CCc1ccccc1NC(=O)CN(C)C(=O)c1cc2ccccc2c(=O)[nH]1. The quantitative estimate of drug-likeness (QED) is 0.731. The highest BCUT2D eigenvalue weighted by molar-refractivity contribution is 6.00. The fourth-order valence-electron chi connectivity index (χ4n) is 2.96. The van der Waals surface area contributed by atoms with Crippen molar-refractivity contribution in [3.05, 3.63) is 76.2 Å². The summed E-state index contributed by atoms with van der Waals surface area (Å²) in [6, 6.07) is 16.2. The van der Waals surface area contributed by atoms with E-state index in [1.165, 1.54) is 11.9 Å². The lowest BCUT2D eigenvalue weighted by Crippen LogP contribution is -2.36. The summed E-state index contributed by atoms with van der Waals surface area (Å²) in [6.45, 7) is 1.89. The summed E-state index contributed by atoms with van der Waals surface area (Å²) in [5.74, 6) is -0.716. The molecule has 2 N–H and O–H groups in total. The van der Waals surface area contributed by atoms with Gasteiger partial charge >= 0.3 is 0 Å². The van der Waals surface area contributed by atoms with E-state index in [0.29, 0.717) is 10.8 Å². The molecule has 0 bridgehead atoms. The lowest BCUT2D eigenvalue weighted by Gasteiger charge is -2.17. The van der Waals surface area contributed by atoms with Gasteiger partial charge in [0.2, 0.25) is 5.91 Å². The summed E-state index contributed by atoms with van der Waals surface area (Å²) in [5.41, 5.74) is 1.60. The first-order valence-corrected chi connectivity index (χ1v) is 8.75. The summed E-state index contributed by atoms with van der Waals surface area (Å²) in [6.07, 6.45) is 0.795. The molecule has 0 atom stereocenters. The van der Waals surface area contributed by atoms with Crippen LogP contribution >= 0.6 is 0 Å². The molecule has 138 valence electrons. The van der Waals surface area contributed by atoms with Crippen LogP contribution in [-0.4, -0.2) is 35.3 Å². The molecule has 0 aliphatic carbocycles. The third-order valence-corrected chi connectivity index (χ3v) is 4.38. The van der Waals surface area contributed by atoms with E-state index < -0.39 is 5.91 Å². The Morgan fingerprint density at radius 3 is 2.56 bits per heavy atom. The van der Waals surface area contributed by atoms with Crippen molar-refractivity contribution in [2.45, 2.75) is 13.3 Å². The number of carbonyl (C=O) groups excluding carboxylic acids is 2. The summed E-state index contributed by atoms with van der Waals surface area (Å²) in [5, 5.41) is 4.03. The lowest BCUT2D eigenvalue weighted by molar-refractivity contribution is -0.116. The van der Waals surface area contributed by atoms with E-state index in [1.54, 1.807) is 30.3 Å². The molecule has 2 amide bonds. The molecular formula is C21H21N3O3. The molecule has 0 saturated heterocycles. The fraction of sp³-hybridized carbons (Fsp3) is 0.190. The molecule has 3 rings (SSSR count). The van der Waals surface area contributed by atoms with Crippen molar-refractivity contribution in [2.75, 3.05) is 18.9 Å². The summed E-state index contributed by atoms with van der Waals surface area (Å²) >= 11 is 0. The van der Waals surface area contributed by atoms with Gasteiger partial charge in [0.15, 0.2) is 0 Å². The first-order valence-electron chi connectivity index (χ1n) is 8.75. The van der Waals surface area contributed by atoms with Gasteiger partial charge in [-0.15, -0.1) is 0 Å². The predicted molar refractivity (Wildman–Crippen MR) is 106 cm³/mol. The van der Waals surface area contributed by atoms with Gasteiger partial charge in [-0.05, 0) is 35.6 Å². The maximum Gasteiger partial charge on any atom is 0.270 e. The number of benzene rings is 2. The summed E-state index contributed by atoms with van der Waals surface area (Å²) < 4.78 is 0. The Labute approximate surface area is 156 Å². The molecule has 2 aromatic carbocycles. The van der Waals surface area contributed by atoms with Crippen LogP contribution in [0.3, 0.4) is 0 Å². The average Bonchev–Trinajstić information content (AvgIpc) is 2.67. The number of likely N-dealkylation sites (N-methyl/N-ethyl adjacent to an activating group) is 1. The Kier molecular flexibility index (Phi) is 5.35. The fourth-order valence-corrected chi connectivity index (χ4v) is 2.96. The first kappa shape index (κ1) is 18.4. The van der Waals surface area contributed by atoms with Crippen molar-refractivity contribution in [1.82, 2.24) is 9.88 Å². The van der Waals surface area contributed by atoms with Crippen molar-refractivity contribution in [1.29, 1.82) is 0 Å². The number of rotatable bonds is 5. The minimum absolute atomic E-state index is 0.119. The third-order valence-electron chi connectivity index (χ3n) is 4.38. The molecule has 0 unspecified atom stereocenters. The number of aryl methyl sites for hydroxylation is 1.